The van der Waals surface area contributed by atoms with Crippen molar-refractivity contribution in [3.05, 3.63) is 47.5 Å². The highest BCUT2D eigenvalue weighted by molar-refractivity contribution is 5.97. The van der Waals surface area contributed by atoms with E-state index in [-0.39, 0.29) is 48.2 Å². The molecule has 2 aliphatic heterocycles. The highest BCUT2D eigenvalue weighted by Crippen LogP contribution is 2.27. The number of rotatable bonds is 13. The van der Waals surface area contributed by atoms with Crippen LogP contribution in [0.4, 0.5) is 0 Å². The van der Waals surface area contributed by atoms with Crippen molar-refractivity contribution in [2.24, 2.45) is 11.3 Å². The van der Waals surface area contributed by atoms with Crippen LogP contribution in [0.25, 0.3) is 0 Å². The molecule has 1 aromatic carbocycles. The minimum Gasteiger partial charge on any atom is -0.394 e. The highest BCUT2D eigenvalue weighted by atomic mass is 16.3. The molecule has 1 unspecified atom stereocenters. The Morgan fingerprint density at radius 2 is 1.56 bits per heavy atom. The number of carbonyl (C=O) groups is 4. The Bertz CT molecular complexity index is 1270. The molecule has 3 rings (SSSR count). The quantitative estimate of drug-likeness (QED) is 0.274. The van der Waals surface area contributed by atoms with Crippen molar-refractivity contribution in [1.82, 2.24) is 25.3 Å². The summed E-state index contributed by atoms with van der Waals surface area (Å²) >= 11 is 0. The number of nitrogens with zero attached hydrogens (tertiary/aromatic N) is 3. The van der Waals surface area contributed by atoms with Gasteiger partial charge in [0.05, 0.1) is 24.7 Å². The largest absolute Gasteiger partial charge is 0.394 e. The molecule has 10 heteroatoms. The normalized spacial score (nSPS) is 21.2. The van der Waals surface area contributed by atoms with Gasteiger partial charge >= 0.3 is 0 Å². The number of aliphatic hydroxyl groups excluding tert-OH is 1. The Labute approximate surface area is 288 Å². The van der Waals surface area contributed by atoms with E-state index in [9.17, 15) is 24.3 Å². The molecule has 10 nitrogen and oxygen atoms in total. The zero-order chi connectivity index (χ0) is 35.8. The maximum Gasteiger partial charge on any atom is 0.249 e. The van der Waals surface area contributed by atoms with Crippen LogP contribution in [0.2, 0.25) is 0 Å². The van der Waals surface area contributed by atoms with Gasteiger partial charge in [-0.05, 0) is 76.3 Å². The predicted molar refractivity (Wildman–Crippen MR) is 190 cm³/mol. The molecular weight excluding hydrogens is 606 g/mol. The monoisotopic (exact) mass is 667 g/mol. The van der Waals surface area contributed by atoms with Crippen LogP contribution < -0.4 is 10.6 Å². The average Bonchev–Trinajstić information content (AvgIpc) is 3.54. The lowest BCUT2D eigenvalue weighted by Crippen LogP contribution is -2.60. The average molecular weight is 668 g/mol. The molecular formula is C38H61N5O5. The molecule has 0 aliphatic carbocycles. The van der Waals surface area contributed by atoms with E-state index in [1.807, 2.05) is 71.0 Å². The zero-order valence-corrected chi connectivity index (χ0v) is 30.8. The molecule has 4 amide bonds. The smallest absolute Gasteiger partial charge is 0.249 e. The molecule has 2 heterocycles. The summed E-state index contributed by atoms with van der Waals surface area (Å²) in [5, 5.41) is 16.1. The lowest BCUT2D eigenvalue weighted by atomic mass is 9.84. The molecule has 2 fully saturated rings. The fraction of sp³-hybridized carbons (Fsp3) is 0.684. The number of nitrogens with one attached hydrogen (secondary N) is 2. The SMILES string of the molecule is CC(=C[C@H](C(C)C)N(C)C(=O)[C@@H](NC(=O)[C@H]1CCCCN1C(C)C)C(C)(C)C)C(=O)N1CCC[C@H]1C(=O)NC(CO)Cc1ccccc1. The van der Waals surface area contributed by atoms with Crippen LogP contribution in [0.1, 0.15) is 93.1 Å². The Balaban J connectivity index is 1.75. The van der Waals surface area contributed by atoms with Crippen molar-refractivity contribution in [3.63, 3.8) is 0 Å². The Morgan fingerprint density at radius 1 is 0.938 bits per heavy atom. The van der Waals surface area contributed by atoms with E-state index in [0.29, 0.717) is 31.4 Å². The summed E-state index contributed by atoms with van der Waals surface area (Å²) in [4.78, 5) is 60.5. The van der Waals surface area contributed by atoms with Crippen molar-refractivity contribution in [2.75, 3.05) is 26.7 Å². The van der Waals surface area contributed by atoms with Crippen LogP contribution in [0.5, 0.6) is 0 Å². The van der Waals surface area contributed by atoms with E-state index in [0.717, 1.165) is 31.4 Å². The number of aliphatic hydroxyl groups is 1. The van der Waals surface area contributed by atoms with E-state index in [4.69, 9.17) is 0 Å². The summed E-state index contributed by atoms with van der Waals surface area (Å²) in [7, 11) is 1.74. The van der Waals surface area contributed by atoms with Crippen LogP contribution in [0.15, 0.2) is 42.0 Å². The first-order valence-corrected chi connectivity index (χ1v) is 17.8. The van der Waals surface area contributed by atoms with E-state index in [1.54, 1.807) is 23.8 Å². The maximum atomic E-state index is 14.2. The van der Waals surface area contributed by atoms with E-state index < -0.39 is 29.6 Å². The standard InChI is InChI=1S/C38H61N5O5/c1-25(2)32(41(9)37(48)33(38(6,7)8)40-35(46)30-18-13-14-20-42(30)26(3)4)22-27(5)36(47)43-21-15-19-31(43)34(45)39-29(24-44)23-28-16-11-10-12-17-28/h10-12,16-17,22,25-26,29-33,44H,13-15,18-21,23-24H2,1-9H3,(H,39,45)(H,40,46)/t29?,30-,31+,32-,33-/m1/s1. The molecule has 0 saturated carbocycles. The fourth-order valence-electron chi connectivity index (χ4n) is 7.04. The van der Waals surface area contributed by atoms with Crippen LogP contribution in [0.3, 0.4) is 0 Å². The van der Waals surface area contributed by atoms with Gasteiger partial charge in [0.2, 0.25) is 23.6 Å². The number of hydrogen-bond acceptors (Lipinski definition) is 6. The minimum absolute atomic E-state index is 0.0197. The second-order valence-corrected chi connectivity index (χ2v) is 15.4. The number of hydrogen-bond donors (Lipinski definition) is 3. The Hall–Kier alpha value is -3.24. The maximum absolute atomic E-state index is 14.2. The first kappa shape index (κ1) is 39.2. The molecule has 1 aromatic rings. The minimum atomic E-state index is -0.751. The van der Waals surface area contributed by atoms with Gasteiger partial charge in [-0.1, -0.05) is 77.4 Å². The molecule has 268 valence electrons. The summed E-state index contributed by atoms with van der Waals surface area (Å²) in [5.41, 5.74) is 0.924. The Morgan fingerprint density at radius 3 is 2.15 bits per heavy atom. The third kappa shape index (κ3) is 10.1. The van der Waals surface area contributed by atoms with Crippen molar-refractivity contribution < 1.29 is 24.3 Å². The van der Waals surface area contributed by atoms with Crippen LogP contribution in [-0.4, -0.2) is 106 Å². The van der Waals surface area contributed by atoms with E-state index in [1.165, 1.54) is 0 Å². The third-order valence-corrected chi connectivity index (χ3v) is 9.85. The second kappa shape index (κ2) is 17.4. The van der Waals surface area contributed by atoms with Crippen molar-refractivity contribution in [3.8, 4) is 0 Å². The lowest BCUT2D eigenvalue weighted by molar-refractivity contribution is -0.142. The van der Waals surface area contributed by atoms with Crippen molar-refractivity contribution >= 4 is 23.6 Å². The van der Waals surface area contributed by atoms with Crippen molar-refractivity contribution in [1.29, 1.82) is 0 Å². The predicted octanol–water partition coefficient (Wildman–Crippen LogP) is 3.92. The second-order valence-electron chi connectivity index (χ2n) is 15.4. The molecule has 3 N–H and O–H groups in total. The molecule has 0 aromatic heterocycles. The molecule has 0 spiro atoms. The van der Waals surface area contributed by atoms with Gasteiger partial charge in [-0.15, -0.1) is 0 Å². The number of piperidine rings is 1. The summed E-state index contributed by atoms with van der Waals surface area (Å²) < 4.78 is 0. The van der Waals surface area contributed by atoms with Crippen molar-refractivity contribution in [2.45, 2.75) is 130 Å². The zero-order valence-electron chi connectivity index (χ0n) is 30.8. The van der Waals surface area contributed by atoms with Gasteiger partial charge in [0.25, 0.3) is 0 Å². The van der Waals surface area contributed by atoms with E-state index >= 15 is 0 Å². The molecule has 0 bridgehead atoms. The number of likely N-dealkylation sites (N-methyl/N-ethyl adjacent to an activating group) is 1. The Kier molecular flexibility index (Phi) is 14.2. The van der Waals surface area contributed by atoms with Gasteiger partial charge in [0.1, 0.15) is 12.1 Å². The molecule has 5 atom stereocenters. The van der Waals surface area contributed by atoms with Gasteiger partial charge in [-0.25, -0.2) is 0 Å². The summed E-state index contributed by atoms with van der Waals surface area (Å²) in [6, 6.07) is 7.39. The van der Waals surface area contributed by atoms with E-state index in [2.05, 4.69) is 29.4 Å². The number of amides is 4. The van der Waals surface area contributed by atoms with Gasteiger partial charge in [-0.3, -0.25) is 24.1 Å². The summed E-state index contributed by atoms with van der Waals surface area (Å²) in [5.74, 6) is -0.846. The van der Waals surface area contributed by atoms with Gasteiger partial charge in [0.15, 0.2) is 0 Å². The van der Waals surface area contributed by atoms with Crippen LogP contribution in [-0.2, 0) is 25.6 Å². The highest BCUT2D eigenvalue weighted by Gasteiger charge is 2.40. The molecule has 0 radical (unpaired) electrons. The molecule has 2 aliphatic rings. The molecule has 2 saturated heterocycles. The molecule has 48 heavy (non-hydrogen) atoms. The topological polar surface area (TPSA) is 122 Å². The number of benzene rings is 1. The van der Waals surface area contributed by atoms with Gasteiger partial charge in [0, 0.05) is 25.2 Å². The first-order chi connectivity index (χ1) is 22.6. The van der Waals surface area contributed by atoms with Gasteiger partial charge < -0.3 is 25.5 Å². The van der Waals surface area contributed by atoms with Crippen LogP contribution in [0, 0.1) is 11.3 Å². The van der Waals surface area contributed by atoms with Crippen LogP contribution >= 0.6 is 0 Å². The first-order valence-electron chi connectivity index (χ1n) is 17.8. The summed E-state index contributed by atoms with van der Waals surface area (Å²) in [6.45, 7) is 16.9. The number of carbonyl (C=O) groups excluding carboxylic acids is 4. The lowest BCUT2D eigenvalue weighted by Gasteiger charge is -2.41. The number of likely N-dealkylation sites (tertiary alicyclic amines) is 2. The fourth-order valence-corrected chi connectivity index (χ4v) is 7.04. The third-order valence-electron chi connectivity index (χ3n) is 9.85. The van der Waals surface area contributed by atoms with Gasteiger partial charge in [-0.2, -0.15) is 0 Å². The summed E-state index contributed by atoms with van der Waals surface area (Å²) in [6.07, 6.45) is 6.38.